The number of carbonyl (C=O) groups excluding carboxylic acids is 1. The van der Waals surface area contributed by atoms with Crippen LogP contribution >= 0.6 is 11.6 Å². The molecule has 0 saturated carbocycles. The molecular formula is C14H19ClN2O4. The van der Waals surface area contributed by atoms with Gasteiger partial charge in [-0.15, -0.1) is 0 Å². The molecule has 116 valence electrons. The third kappa shape index (κ3) is 6.01. The molecule has 21 heavy (non-hydrogen) atoms. The molecule has 0 aliphatic rings. The van der Waals surface area contributed by atoms with Gasteiger partial charge < -0.3 is 15.6 Å². The van der Waals surface area contributed by atoms with Crippen molar-refractivity contribution in [1.29, 1.82) is 0 Å². The van der Waals surface area contributed by atoms with E-state index in [2.05, 4.69) is 5.32 Å². The number of anilines is 1. The number of nitrogens with one attached hydrogen (secondary N) is 1. The molecule has 7 heteroatoms. The van der Waals surface area contributed by atoms with Crippen molar-refractivity contribution in [2.24, 2.45) is 5.73 Å². The van der Waals surface area contributed by atoms with Crippen LogP contribution in [0.5, 0.6) is 0 Å². The fourth-order valence-electron chi connectivity index (χ4n) is 1.67. The maximum atomic E-state index is 11.8. The number of rotatable bonds is 4. The molecule has 1 aromatic carbocycles. The summed E-state index contributed by atoms with van der Waals surface area (Å²) < 4.78 is 5.15. The van der Waals surface area contributed by atoms with Gasteiger partial charge in [-0.05, 0) is 44.5 Å². The maximum Gasteiger partial charge on any atom is 0.412 e. The molecule has 0 aliphatic carbocycles. The van der Waals surface area contributed by atoms with E-state index in [9.17, 15) is 9.59 Å². The Labute approximate surface area is 128 Å². The van der Waals surface area contributed by atoms with Crippen molar-refractivity contribution in [3.8, 4) is 0 Å². The minimum absolute atomic E-state index is 0.274. The van der Waals surface area contributed by atoms with Crippen LogP contribution in [0.4, 0.5) is 10.5 Å². The second-order valence-corrected chi connectivity index (χ2v) is 6.00. The molecule has 6 nitrogen and oxygen atoms in total. The van der Waals surface area contributed by atoms with Crippen LogP contribution in [0.15, 0.2) is 18.2 Å². The van der Waals surface area contributed by atoms with Gasteiger partial charge in [0.1, 0.15) is 5.60 Å². The lowest BCUT2D eigenvalue weighted by atomic mass is 10.0. The first-order chi connectivity index (χ1) is 9.58. The molecule has 1 rings (SSSR count). The van der Waals surface area contributed by atoms with Gasteiger partial charge in [-0.3, -0.25) is 10.1 Å². The zero-order valence-corrected chi connectivity index (χ0v) is 12.9. The van der Waals surface area contributed by atoms with Gasteiger partial charge in [0.05, 0.1) is 6.42 Å². The predicted octanol–water partition coefficient (Wildman–Crippen LogP) is 3.16. The Balaban J connectivity index is 2.96. The number of carboxylic acid groups (broad SMARTS) is 1. The van der Waals surface area contributed by atoms with Crippen LogP contribution in [0.25, 0.3) is 0 Å². The van der Waals surface area contributed by atoms with Crippen molar-refractivity contribution >= 4 is 29.4 Å². The Kier molecular flexibility index (Phi) is 5.57. The number of hydrogen-bond acceptors (Lipinski definition) is 4. The Morgan fingerprint density at radius 3 is 2.57 bits per heavy atom. The van der Waals surface area contributed by atoms with Crippen molar-refractivity contribution in [2.45, 2.75) is 38.8 Å². The lowest BCUT2D eigenvalue weighted by Crippen LogP contribution is -2.28. The minimum atomic E-state index is -1.04. The van der Waals surface area contributed by atoms with E-state index in [4.69, 9.17) is 27.2 Å². The van der Waals surface area contributed by atoms with Crippen molar-refractivity contribution < 1.29 is 19.4 Å². The van der Waals surface area contributed by atoms with Crippen molar-refractivity contribution in [1.82, 2.24) is 0 Å². The van der Waals surface area contributed by atoms with Gasteiger partial charge in [0, 0.05) is 16.8 Å². The number of halogens is 1. The van der Waals surface area contributed by atoms with Crippen LogP contribution in [-0.2, 0) is 9.53 Å². The zero-order chi connectivity index (χ0) is 16.2. The standard InChI is InChI=1S/C14H19ClN2O4/c1-14(2,3)21-13(20)17-11-5-4-8(15)6-9(11)10(16)7-12(18)19/h4-6,10H,7,16H2,1-3H3,(H,17,20)(H,18,19). The Hall–Kier alpha value is -1.79. The smallest absolute Gasteiger partial charge is 0.412 e. The Bertz CT molecular complexity index is 540. The number of ether oxygens (including phenoxy) is 1. The minimum Gasteiger partial charge on any atom is -0.481 e. The molecule has 0 heterocycles. The summed E-state index contributed by atoms with van der Waals surface area (Å²) in [4.78, 5) is 22.6. The molecule has 0 aromatic heterocycles. The first kappa shape index (κ1) is 17.3. The molecule has 0 radical (unpaired) electrons. The van der Waals surface area contributed by atoms with Gasteiger partial charge in [-0.25, -0.2) is 4.79 Å². The van der Waals surface area contributed by atoms with Crippen LogP contribution in [-0.4, -0.2) is 22.8 Å². The summed E-state index contributed by atoms with van der Waals surface area (Å²) in [6.45, 7) is 5.22. The van der Waals surface area contributed by atoms with Crippen LogP contribution in [0.2, 0.25) is 5.02 Å². The zero-order valence-electron chi connectivity index (χ0n) is 12.1. The predicted molar refractivity (Wildman–Crippen MR) is 80.5 cm³/mol. The van der Waals surface area contributed by atoms with Gasteiger partial charge in [-0.2, -0.15) is 0 Å². The van der Waals surface area contributed by atoms with Crippen molar-refractivity contribution in [3.05, 3.63) is 28.8 Å². The molecule has 0 fully saturated rings. The fourth-order valence-corrected chi connectivity index (χ4v) is 1.85. The monoisotopic (exact) mass is 314 g/mol. The Morgan fingerprint density at radius 1 is 1.43 bits per heavy atom. The topological polar surface area (TPSA) is 102 Å². The average Bonchev–Trinajstić information content (AvgIpc) is 2.27. The lowest BCUT2D eigenvalue weighted by Gasteiger charge is -2.21. The highest BCUT2D eigenvalue weighted by Crippen LogP contribution is 2.27. The Morgan fingerprint density at radius 2 is 2.05 bits per heavy atom. The highest BCUT2D eigenvalue weighted by Gasteiger charge is 2.20. The largest absolute Gasteiger partial charge is 0.481 e. The maximum absolute atomic E-state index is 11.8. The van der Waals surface area contributed by atoms with Gasteiger partial charge in [0.25, 0.3) is 0 Å². The first-order valence-electron chi connectivity index (χ1n) is 6.35. The van der Waals surface area contributed by atoms with Crippen LogP contribution in [0.3, 0.4) is 0 Å². The van der Waals surface area contributed by atoms with Gasteiger partial charge in [0.15, 0.2) is 0 Å². The average molecular weight is 315 g/mol. The molecule has 0 spiro atoms. The number of nitrogens with two attached hydrogens (primary N) is 1. The van der Waals surface area contributed by atoms with E-state index in [1.165, 1.54) is 6.07 Å². The number of amides is 1. The lowest BCUT2D eigenvalue weighted by molar-refractivity contribution is -0.137. The van der Waals surface area contributed by atoms with Crippen LogP contribution in [0.1, 0.15) is 38.8 Å². The van der Waals surface area contributed by atoms with Gasteiger partial charge in [0.2, 0.25) is 0 Å². The number of carboxylic acids is 1. The molecule has 0 saturated heterocycles. The van der Waals surface area contributed by atoms with Gasteiger partial charge >= 0.3 is 12.1 Å². The summed E-state index contributed by atoms with van der Waals surface area (Å²) in [5.74, 6) is -1.04. The molecule has 1 unspecified atom stereocenters. The van der Waals surface area contributed by atoms with Gasteiger partial charge in [-0.1, -0.05) is 11.6 Å². The second kappa shape index (κ2) is 6.78. The summed E-state index contributed by atoms with van der Waals surface area (Å²) in [7, 11) is 0. The quantitative estimate of drug-likeness (QED) is 0.792. The molecule has 1 amide bonds. The van der Waals surface area contributed by atoms with E-state index in [0.717, 1.165) is 0 Å². The third-order valence-corrected chi connectivity index (χ3v) is 2.68. The summed E-state index contributed by atoms with van der Waals surface area (Å²) >= 11 is 5.89. The highest BCUT2D eigenvalue weighted by molar-refractivity contribution is 6.30. The number of hydrogen-bond donors (Lipinski definition) is 3. The molecule has 0 aliphatic heterocycles. The SMILES string of the molecule is CC(C)(C)OC(=O)Nc1ccc(Cl)cc1C(N)CC(=O)O. The number of aliphatic carboxylic acids is 1. The van der Waals surface area contributed by atoms with E-state index >= 15 is 0 Å². The summed E-state index contributed by atoms with van der Waals surface area (Å²) in [5, 5.41) is 11.8. The summed E-state index contributed by atoms with van der Waals surface area (Å²) in [6.07, 6.45) is -0.919. The van der Waals surface area contributed by atoms with E-state index in [-0.39, 0.29) is 6.42 Å². The number of carbonyl (C=O) groups is 2. The van der Waals surface area contributed by atoms with E-state index in [1.807, 2.05) is 0 Å². The molecule has 1 atom stereocenters. The van der Waals surface area contributed by atoms with E-state index in [0.29, 0.717) is 16.3 Å². The van der Waals surface area contributed by atoms with Crippen LogP contribution < -0.4 is 11.1 Å². The van der Waals surface area contributed by atoms with Crippen molar-refractivity contribution in [3.63, 3.8) is 0 Å². The number of benzene rings is 1. The third-order valence-electron chi connectivity index (χ3n) is 2.44. The summed E-state index contributed by atoms with van der Waals surface area (Å²) in [5.41, 5.74) is 6.02. The highest BCUT2D eigenvalue weighted by atomic mass is 35.5. The van der Waals surface area contributed by atoms with Crippen LogP contribution in [0, 0.1) is 0 Å². The normalized spacial score (nSPS) is 12.6. The molecule has 1 aromatic rings. The van der Waals surface area contributed by atoms with E-state index in [1.54, 1.807) is 32.9 Å². The second-order valence-electron chi connectivity index (χ2n) is 5.56. The fraction of sp³-hybridized carbons (Fsp3) is 0.429. The molecule has 0 bridgehead atoms. The molecule has 4 N–H and O–H groups in total. The van der Waals surface area contributed by atoms with Crippen molar-refractivity contribution in [2.75, 3.05) is 5.32 Å². The molecular weight excluding hydrogens is 296 g/mol. The summed E-state index contributed by atoms with van der Waals surface area (Å²) in [6, 6.07) is 3.88. The first-order valence-corrected chi connectivity index (χ1v) is 6.73. The van der Waals surface area contributed by atoms with E-state index < -0.39 is 23.7 Å².